The Kier molecular flexibility index (Phi) is 10.9. The first kappa shape index (κ1) is 30.0. The fourth-order valence-corrected chi connectivity index (χ4v) is 5.66. The van der Waals surface area contributed by atoms with Gasteiger partial charge >= 0.3 is 6.03 Å². The van der Waals surface area contributed by atoms with Gasteiger partial charge in [0.05, 0.1) is 37.6 Å². The highest BCUT2D eigenvalue weighted by Gasteiger charge is 2.27. The van der Waals surface area contributed by atoms with Gasteiger partial charge < -0.3 is 29.3 Å². The van der Waals surface area contributed by atoms with Gasteiger partial charge in [0.25, 0.3) is 0 Å². The van der Waals surface area contributed by atoms with E-state index in [0.717, 1.165) is 23.3 Å². The third kappa shape index (κ3) is 8.27. The summed E-state index contributed by atoms with van der Waals surface area (Å²) in [6, 6.07) is 14.1. The Hall–Kier alpha value is -2.98. The minimum atomic E-state index is -0.427. The van der Waals surface area contributed by atoms with Crippen LogP contribution >= 0.6 is 34.5 Å². The number of amides is 3. The van der Waals surface area contributed by atoms with E-state index in [0.29, 0.717) is 59.9 Å². The van der Waals surface area contributed by atoms with Crippen LogP contribution in [0.4, 0.5) is 10.5 Å². The number of hydrogen-bond donors (Lipinski definition) is 1. The number of benzene rings is 2. The molecule has 11 heteroatoms. The predicted molar refractivity (Wildman–Crippen MR) is 159 cm³/mol. The molecule has 0 radical (unpaired) electrons. The number of halogens is 2. The molecule has 3 amide bonds. The van der Waals surface area contributed by atoms with Gasteiger partial charge in [-0.15, -0.1) is 11.3 Å². The minimum absolute atomic E-state index is 0.103. The highest BCUT2D eigenvalue weighted by molar-refractivity contribution is 7.09. The van der Waals surface area contributed by atoms with Gasteiger partial charge in [0.15, 0.2) is 11.5 Å². The van der Waals surface area contributed by atoms with E-state index in [4.69, 9.17) is 37.4 Å². The van der Waals surface area contributed by atoms with Crippen molar-refractivity contribution < 1.29 is 23.8 Å². The first-order chi connectivity index (χ1) is 19.4. The molecule has 1 unspecified atom stereocenters. The second kappa shape index (κ2) is 14.6. The molecule has 8 nitrogen and oxygen atoms in total. The number of methoxy groups -OCH3 is 2. The highest BCUT2D eigenvalue weighted by Crippen LogP contribution is 2.28. The number of nitrogens with zero attached hydrogens (tertiary/aromatic N) is 2. The largest absolute Gasteiger partial charge is 0.493 e. The smallest absolute Gasteiger partial charge is 0.322 e. The van der Waals surface area contributed by atoms with Crippen LogP contribution in [0, 0.1) is 0 Å². The number of thiophene rings is 1. The first-order valence-electron chi connectivity index (χ1n) is 13.0. The molecular weight excluding hydrogens is 573 g/mol. The fraction of sp³-hybridized carbons (Fsp3) is 0.379. The number of urea groups is 1. The van der Waals surface area contributed by atoms with E-state index in [1.807, 2.05) is 35.7 Å². The molecule has 2 heterocycles. The van der Waals surface area contributed by atoms with Gasteiger partial charge in [-0.1, -0.05) is 35.3 Å². The van der Waals surface area contributed by atoms with Crippen molar-refractivity contribution in [3.8, 4) is 11.5 Å². The van der Waals surface area contributed by atoms with Gasteiger partial charge in [-0.3, -0.25) is 4.79 Å². The summed E-state index contributed by atoms with van der Waals surface area (Å²) in [6.07, 6.45) is 2.23. The van der Waals surface area contributed by atoms with Crippen LogP contribution in [0.2, 0.25) is 10.0 Å². The maximum atomic E-state index is 13.7. The topological polar surface area (TPSA) is 80.3 Å². The molecule has 1 aromatic heterocycles. The van der Waals surface area contributed by atoms with E-state index < -0.39 is 6.03 Å². The summed E-state index contributed by atoms with van der Waals surface area (Å²) in [6.45, 7) is 1.75. The van der Waals surface area contributed by atoms with Gasteiger partial charge in [-0.25, -0.2) is 4.79 Å². The Morgan fingerprint density at radius 1 is 1.07 bits per heavy atom. The standard InChI is InChI=1S/C29H33Cl2N3O5S/c1-37-26-10-7-20(15-27(26)38-2)11-12-33(18-23-6-4-14-40-23)28(35)19-34(17-22-5-3-13-39-22)29(36)32-25-9-8-21(30)16-24(25)31/h4,6-10,14-16,22H,3,5,11-13,17-19H2,1-2H3,(H,32,36). The van der Waals surface area contributed by atoms with E-state index in [9.17, 15) is 9.59 Å². The monoisotopic (exact) mass is 605 g/mol. The molecule has 1 aliphatic rings. The number of carbonyl (C=O) groups is 2. The minimum Gasteiger partial charge on any atom is -0.493 e. The maximum absolute atomic E-state index is 13.7. The van der Waals surface area contributed by atoms with Crippen molar-refractivity contribution in [1.82, 2.24) is 9.80 Å². The normalized spacial score (nSPS) is 14.6. The van der Waals surface area contributed by atoms with E-state index in [-0.39, 0.29) is 18.6 Å². The Balaban J connectivity index is 1.50. The first-order valence-corrected chi connectivity index (χ1v) is 14.6. The van der Waals surface area contributed by atoms with Crippen LogP contribution in [0.15, 0.2) is 53.9 Å². The van der Waals surface area contributed by atoms with Crippen LogP contribution in [0.25, 0.3) is 0 Å². The molecule has 3 aromatic rings. The molecule has 0 aliphatic carbocycles. The second-order valence-electron chi connectivity index (χ2n) is 9.40. The molecule has 214 valence electrons. The third-order valence-corrected chi connectivity index (χ3v) is 8.04. The van der Waals surface area contributed by atoms with Gasteiger partial charge in [-0.05, 0) is 66.6 Å². The Morgan fingerprint density at radius 2 is 1.90 bits per heavy atom. The molecule has 40 heavy (non-hydrogen) atoms. The van der Waals surface area contributed by atoms with Crippen LogP contribution in [-0.4, -0.2) is 68.3 Å². The van der Waals surface area contributed by atoms with Crippen molar-refractivity contribution in [2.24, 2.45) is 0 Å². The van der Waals surface area contributed by atoms with Gasteiger partial charge in [0, 0.05) is 29.6 Å². The summed E-state index contributed by atoms with van der Waals surface area (Å²) >= 11 is 13.9. The van der Waals surface area contributed by atoms with Crippen molar-refractivity contribution in [1.29, 1.82) is 0 Å². The van der Waals surface area contributed by atoms with E-state index in [2.05, 4.69) is 5.32 Å². The number of nitrogens with one attached hydrogen (secondary N) is 1. The number of anilines is 1. The summed E-state index contributed by atoms with van der Waals surface area (Å²) in [5.74, 6) is 1.12. The van der Waals surface area contributed by atoms with Crippen LogP contribution < -0.4 is 14.8 Å². The van der Waals surface area contributed by atoms with Crippen LogP contribution in [0.1, 0.15) is 23.3 Å². The van der Waals surface area contributed by atoms with Crippen LogP contribution in [0.3, 0.4) is 0 Å². The van der Waals surface area contributed by atoms with Gasteiger partial charge in [0.1, 0.15) is 6.54 Å². The van der Waals surface area contributed by atoms with Crippen molar-refractivity contribution in [3.63, 3.8) is 0 Å². The molecule has 0 bridgehead atoms. The lowest BCUT2D eigenvalue weighted by molar-refractivity contribution is -0.132. The summed E-state index contributed by atoms with van der Waals surface area (Å²) in [5.41, 5.74) is 1.43. The Morgan fingerprint density at radius 3 is 2.58 bits per heavy atom. The van der Waals surface area contributed by atoms with E-state index in [1.54, 1.807) is 48.7 Å². The molecule has 1 saturated heterocycles. The predicted octanol–water partition coefficient (Wildman–Crippen LogP) is 6.36. The molecule has 1 atom stereocenters. The summed E-state index contributed by atoms with van der Waals surface area (Å²) in [5, 5.41) is 5.60. The van der Waals surface area contributed by atoms with Crippen molar-refractivity contribution in [2.75, 3.05) is 45.8 Å². The molecule has 0 saturated carbocycles. The molecule has 1 fully saturated rings. The zero-order valence-electron chi connectivity index (χ0n) is 22.5. The second-order valence-corrected chi connectivity index (χ2v) is 11.3. The molecule has 1 N–H and O–H groups in total. The van der Waals surface area contributed by atoms with Crippen molar-refractivity contribution in [3.05, 3.63) is 74.4 Å². The number of ether oxygens (including phenoxy) is 3. The lowest BCUT2D eigenvalue weighted by Crippen LogP contribution is -2.47. The number of hydrogen-bond acceptors (Lipinski definition) is 6. The number of carbonyl (C=O) groups excluding carboxylic acids is 2. The maximum Gasteiger partial charge on any atom is 0.322 e. The molecular formula is C29H33Cl2N3O5S. The Labute approximate surface area is 248 Å². The highest BCUT2D eigenvalue weighted by atomic mass is 35.5. The quantitative estimate of drug-likeness (QED) is 0.260. The van der Waals surface area contributed by atoms with E-state index in [1.165, 1.54) is 4.90 Å². The Bertz CT molecular complexity index is 1280. The van der Waals surface area contributed by atoms with E-state index >= 15 is 0 Å². The average Bonchev–Trinajstić information content (AvgIpc) is 3.66. The van der Waals surface area contributed by atoms with Crippen molar-refractivity contribution >= 4 is 52.2 Å². The number of rotatable bonds is 12. The average molecular weight is 607 g/mol. The van der Waals surface area contributed by atoms with Crippen LogP contribution in [0.5, 0.6) is 11.5 Å². The summed E-state index contributed by atoms with van der Waals surface area (Å²) in [7, 11) is 3.19. The fourth-order valence-electron chi connectivity index (χ4n) is 4.48. The zero-order chi connectivity index (χ0) is 28.5. The van der Waals surface area contributed by atoms with Crippen molar-refractivity contribution in [2.45, 2.75) is 31.9 Å². The lowest BCUT2D eigenvalue weighted by atomic mass is 10.1. The summed E-state index contributed by atoms with van der Waals surface area (Å²) in [4.78, 5) is 31.5. The molecule has 4 rings (SSSR count). The van der Waals surface area contributed by atoms with Gasteiger partial charge in [-0.2, -0.15) is 0 Å². The molecule has 1 aliphatic heterocycles. The zero-order valence-corrected chi connectivity index (χ0v) is 24.9. The lowest BCUT2D eigenvalue weighted by Gasteiger charge is -2.29. The third-order valence-electron chi connectivity index (χ3n) is 6.63. The molecule has 2 aromatic carbocycles. The molecule has 0 spiro atoms. The van der Waals surface area contributed by atoms with Gasteiger partial charge in [0.2, 0.25) is 5.91 Å². The van der Waals surface area contributed by atoms with Crippen LogP contribution in [-0.2, 0) is 22.5 Å². The SMILES string of the molecule is COc1ccc(CCN(Cc2cccs2)C(=O)CN(CC2CCCO2)C(=O)Nc2ccc(Cl)cc2Cl)cc1OC. The summed E-state index contributed by atoms with van der Waals surface area (Å²) < 4.78 is 16.6.